The number of nitrogens with zero attached hydrogens (tertiary/aromatic N) is 1. The number of hydrogen-bond donors (Lipinski definition) is 0. The lowest BCUT2D eigenvalue weighted by molar-refractivity contribution is 0.415. The molecule has 2 aromatic carbocycles. The molecule has 0 aliphatic heterocycles. The SMILES string of the molecule is COc1ccc2c(-c3ccc(Cl)cc3)nccc2c1. The average molecular weight is 270 g/mol. The summed E-state index contributed by atoms with van der Waals surface area (Å²) in [5, 5.41) is 2.94. The van der Waals surface area contributed by atoms with Crippen molar-refractivity contribution in [2.75, 3.05) is 7.11 Å². The molecular formula is C16H12ClNO. The second kappa shape index (κ2) is 4.90. The fourth-order valence-electron chi connectivity index (χ4n) is 2.12. The van der Waals surface area contributed by atoms with Crippen molar-refractivity contribution in [3.8, 4) is 17.0 Å². The molecule has 0 aliphatic rings. The summed E-state index contributed by atoms with van der Waals surface area (Å²) in [6.45, 7) is 0. The van der Waals surface area contributed by atoms with Crippen LogP contribution in [0.2, 0.25) is 5.02 Å². The zero-order valence-corrected chi connectivity index (χ0v) is 11.2. The fourth-order valence-corrected chi connectivity index (χ4v) is 2.25. The number of halogens is 1. The molecule has 0 N–H and O–H groups in total. The minimum absolute atomic E-state index is 0.727. The first-order valence-electron chi connectivity index (χ1n) is 5.96. The Morgan fingerprint density at radius 2 is 1.79 bits per heavy atom. The second-order valence-electron chi connectivity index (χ2n) is 4.25. The Kier molecular flexibility index (Phi) is 3.10. The zero-order valence-electron chi connectivity index (χ0n) is 10.4. The summed E-state index contributed by atoms with van der Waals surface area (Å²) in [6, 6.07) is 15.7. The highest BCUT2D eigenvalue weighted by atomic mass is 35.5. The number of methoxy groups -OCH3 is 1. The highest BCUT2D eigenvalue weighted by Crippen LogP contribution is 2.29. The molecule has 0 fully saturated rings. The lowest BCUT2D eigenvalue weighted by atomic mass is 10.0. The number of ether oxygens (including phenoxy) is 1. The van der Waals surface area contributed by atoms with E-state index in [-0.39, 0.29) is 0 Å². The molecule has 0 aliphatic carbocycles. The molecule has 0 amide bonds. The van der Waals surface area contributed by atoms with E-state index in [1.807, 2.05) is 54.7 Å². The molecular weight excluding hydrogens is 258 g/mol. The summed E-state index contributed by atoms with van der Waals surface area (Å²) in [4.78, 5) is 4.48. The third-order valence-electron chi connectivity index (χ3n) is 3.09. The molecule has 1 heterocycles. The van der Waals surface area contributed by atoms with Crippen molar-refractivity contribution in [2.45, 2.75) is 0 Å². The van der Waals surface area contributed by atoms with Gasteiger partial charge < -0.3 is 4.74 Å². The summed E-state index contributed by atoms with van der Waals surface area (Å²) in [5.74, 6) is 0.848. The summed E-state index contributed by atoms with van der Waals surface area (Å²) < 4.78 is 5.25. The summed E-state index contributed by atoms with van der Waals surface area (Å²) >= 11 is 5.92. The molecule has 1 aromatic heterocycles. The maximum atomic E-state index is 5.92. The third-order valence-corrected chi connectivity index (χ3v) is 3.34. The van der Waals surface area contributed by atoms with Crippen molar-refractivity contribution in [3.63, 3.8) is 0 Å². The Balaban J connectivity index is 2.21. The minimum Gasteiger partial charge on any atom is -0.497 e. The van der Waals surface area contributed by atoms with Crippen molar-refractivity contribution < 1.29 is 4.74 Å². The normalized spacial score (nSPS) is 10.6. The number of benzene rings is 2. The van der Waals surface area contributed by atoms with Crippen LogP contribution in [0.1, 0.15) is 0 Å². The molecule has 3 aromatic rings. The van der Waals surface area contributed by atoms with Crippen LogP contribution in [0.3, 0.4) is 0 Å². The highest BCUT2D eigenvalue weighted by Gasteiger charge is 2.06. The van der Waals surface area contributed by atoms with Gasteiger partial charge in [0.25, 0.3) is 0 Å². The van der Waals surface area contributed by atoms with E-state index < -0.39 is 0 Å². The average Bonchev–Trinajstić information content (AvgIpc) is 2.47. The van der Waals surface area contributed by atoms with Gasteiger partial charge in [0.05, 0.1) is 12.8 Å². The molecule has 0 bridgehead atoms. The maximum absolute atomic E-state index is 5.92. The van der Waals surface area contributed by atoms with Crippen LogP contribution in [0.25, 0.3) is 22.0 Å². The van der Waals surface area contributed by atoms with Gasteiger partial charge in [0, 0.05) is 22.2 Å². The van der Waals surface area contributed by atoms with E-state index in [1.165, 1.54) is 0 Å². The van der Waals surface area contributed by atoms with Crippen LogP contribution in [-0.2, 0) is 0 Å². The maximum Gasteiger partial charge on any atom is 0.119 e. The quantitative estimate of drug-likeness (QED) is 0.680. The van der Waals surface area contributed by atoms with Crippen molar-refractivity contribution in [3.05, 3.63) is 59.8 Å². The van der Waals surface area contributed by atoms with Crippen molar-refractivity contribution in [1.82, 2.24) is 4.98 Å². The van der Waals surface area contributed by atoms with Crippen LogP contribution < -0.4 is 4.74 Å². The van der Waals surface area contributed by atoms with Gasteiger partial charge in [-0.25, -0.2) is 0 Å². The molecule has 2 nitrogen and oxygen atoms in total. The first-order valence-corrected chi connectivity index (χ1v) is 6.34. The number of fused-ring (bicyclic) bond motifs is 1. The Hall–Kier alpha value is -2.06. The Bertz CT molecular complexity index is 722. The van der Waals surface area contributed by atoms with Crippen LogP contribution >= 0.6 is 11.6 Å². The Morgan fingerprint density at radius 1 is 1.00 bits per heavy atom. The molecule has 0 spiro atoms. The fraction of sp³-hybridized carbons (Fsp3) is 0.0625. The van der Waals surface area contributed by atoms with E-state index in [1.54, 1.807) is 7.11 Å². The van der Waals surface area contributed by atoms with Crippen LogP contribution in [0.5, 0.6) is 5.75 Å². The summed E-state index contributed by atoms with van der Waals surface area (Å²) in [7, 11) is 1.67. The first kappa shape index (κ1) is 12.0. The molecule has 3 heteroatoms. The van der Waals surface area contributed by atoms with E-state index in [0.717, 1.165) is 32.8 Å². The second-order valence-corrected chi connectivity index (χ2v) is 4.69. The zero-order chi connectivity index (χ0) is 13.2. The molecule has 0 radical (unpaired) electrons. The van der Waals surface area contributed by atoms with E-state index in [2.05, 4.69) is 4.98 Å². The van der Waals surface area contributed by atoms with Gasteiger partial charge >= 0.3 is 0 Å². The van der Waals surface area contributed by atoms with Crippen LogP contribution in [-0.4, -0.2) is 12.1 Å². The number of aromatic nitrogens is 1. The number of pyridine rings is 1. The summed E-state index contributed by atoms with van der Waals surface area (Å²) in [6.07, 6.45) is 1.81. The standard InChI is InChI=1S/C16H12ClNO/c1-19-14-6-7-15-12(10-14)8-9-18-16(15)11-2-4-13(17)5-3-11/h2-10H,1H3. The molecule has 0 saturated carbocycles. The smallest absolute Gasteiger partial charge is 0.119 e. The first-order chi connectivity index (χ1) is 9.28. The van der Waals surface area contributed by atoms with Crippen LogP contribution in [0, 0.1) is 0 Å². The van der Waals surface area contributed by atoms with Gasteiger partial charge in [-0.05, 0) is 41.8 Å². The van der Waals surface area contributed by atoms with Crippen molar-refractivity contribution >= 4 is 22.4 Å². The molecule has 0 saturated heterocycles. The number of hydrogen-bond acceptors (Lipinski definition) is 2. The molecule has 94 valence electrons. The Labute approximate surface area is 116 Å². The van der Waals surface area contributed by atoms with Crippen molar-refractivity contribution in [2.24, 2.45) is 0 Å². The van der Waals surface area contributed by atoms with Crippen LogP contribution in [0.15, 0.2) is 54.7 Å². The predicted molar refractivity (Wildman–Crippen MR) is 78.7 cm³/mol. The van der Waals surface area contributed by atoms with E-state index in [4.69, 9.17) is 16.3 Å². The van der Waals surface area contributed by atoms with Gasteiger partial charge in [-0.2, -0.15) is 0 Å². The largest absolute Gasteiger partial charge is 0.497 e. The molecule has 3 rings (SSSR count). The van der Waals surface area contributed by atoms with Gasteiger partial charge in [0.1, 0.15) is 5.75 Å². The van der Waals surface area contributed by atoms with Gasteiger partial charge in [-0.15, -0.1) is 0 Å². The molecule has 0 atom stereocenters. The van der Waals surface area contributed by atoms with Crippen LogP contribution in [0.4, 0.5) is 0 Å². The minimum atomic E-state index is 0.727. The topological polar surface area (TPSA) is 22.1 Å². The molecule has 19 heavy (non-hydrogen) atoms. The summed E-state index contributed by atoms with van der Waals surface area (Å²) in [5.41, 5.74) is 2.01. The van der Waals surface area contributed by atoms with E-state index in [0.29, 0.717) is 0 Å². The van der Waals surface area contributed by atoms with Gasteiger partial charge in [0.2, 0.25) is 0 Å². The highest BCUT2D eigenvalue weighted by molar-refractivity contribution is 6.30. The van der Waals surface area contributed by atoms with Gasteiger partial charge in [-0.1, -0.05) is 23.7 Å². The number of rotatable bonds is 2. The predicted octanol–water partition coefficient (Wildman–Crippen LogP) is 4.56. The molecule has 0 unspecified atom stereocenters. The van der Waals surface area contributed by atoms with E-state index in [9.17, 15) is 0 Å². The Morgan fingerprint density at radius 3 is 2.53 bits per heavy atom. The monoisotopic (exact) mass is 269 g/mol. The lowest BCUT2D eigenvalue weighted by Gasteiger charge is -2.07. The van der Waals surface area contributed by atoms with E-state index >= 15 is 0 Å². The lowest BCUT2D eigenvalue weighted by Crippen LogP contribution is -1.87. The van der Waals surface area contributed by atoms with Crippen molar-refractivity contribution in [1.29, 1.82) is 0 Å². The van der Waals surface area contributed by atoms with Gasteiger partial charge in [-0.3, -0.25) is 4.98 Å². The third kappa shape index (κ3) is 2.27. The van der Waals surface area contributed by atoms with Gasteiger partial charge in [0.15, 0.2) is 0 Å².